The van der Waals surface area contributed by atoms with Gasteiger partial charge in [0.15, 0.2) is 0 Å². The molecule has 0 spiro atoms. The van der Waals surface area contributed by atoms with E-state index in [4.69, 9.17) is 16.3 Å². The summed E-state index contributed by atoms with van der Waals surface area (Å²) in [6, 6.07) is 7.49. The van der Waals surface area contributed by atoms with Crippen molar-refractivity contribution in [2.24, 2.45) is 0 Å². The molecule has 0 aliphatic rings. The number of rotatable bonds is 7. The lowest BCUT2D eigenvalue weighted by atomic mass is 10.1. The summed E-state index contributed by atoms with van der Waals surface area (Å²) in [7, 11) is 1.63. The van der Waals surface area contributed by atoms with Gasteiger partial charge in [0, 0.05) is 24.1 Å². The standard InChI is InChI=1S/C18H21ClN6O2/c1-11(21-17(26)9-8-16-22-18(19)24-23-16)15-10-20-25(12(15)2)13-4-6-14(27-3)7-5-13/h4-7,10-11H,8-9H2,1-3H3,(H,21,26)(H,22,23,24)/t11-/m1/s1. The van der Waals surface area contributed by atoms with Crippen molar-refractivity contribution < 1.29 is 9.53 Å². The average Bonchev–Trinajstić information content (AvgIpc) is 3.25. The Morgan fingerprint density at radius 1 is 1.37 bits per heavy atom. The molecule has 0 fully saturated rings. The fraction of sp³-hybridized carbons (Fsp3) is 0.333. The minimum Gasteiger partial charge on any atom is -0.497 e. The third-order valence-corrected chi connectivity index (χ3v) is 4.47. The first-order valence-electron chi connectivity index (χ1n) is 8.53. The van der Waals surface area contributed by atoms with Gasteiger partial charge in [0.25, 0.3) is 0 Å². The third-order valence-electron chi connectivity index (χ3n) is 4.30. The lowest BCUT2D eigenvalue weighted by Crippen LogP contribution is -2.27. The van der Waals surface area contributed by atoms with E-state index in [1.54, 1.807) is 13.3 Å². The Hall–Kier alpha value is -2.87. The minimum absolute atomic E-state index is 0.0772. The van der Waals surface area contributed by atoms with E-state index in [2.05, 4.69) is 25.6 Å². The number of halogens is 1. The van der Waals surface area contributed by atoms with Crippen LogP contribution in [0.1, 0.15) is 36.5 Å². The zero-order valence-electron chi connectivity index (χ0n) is 15.4. The number of carbonyl (C=O) groups excluding carboxylic acids is 1. The Morgan fingerprint density at radius 3 is 2.74 bits per heavy atom. The summed E-state index contributed by atoms with van der Waals surface area (Å²) in [6.07, 6.45) is 2.52. The molecule has 0 bridgehead atoms. The molecule has 0 aliphatic heterocycles. The molecular formula is C18H21ClN6O2. The molecule has 142 valence electrons. The minimum atomic E-state index is -0.164. The van der Waals surface area contributed by atoms with Gasteiger partial charge < -0.3 is 10.1 Å². The van der Waals surface area contributed by atoms with Crippen LogP contribution in [0.5, 0.6) is 5.75 Å². The van der Waals surface area contributed by atoms with Gasteiger partial charge in [-0.1, -0.05) is 0 Å². The Kier molecular flexibility index (Phi) is 5.75. The van der Waals surface area contributed by atoms with Gasteiger partial charge in [-0.25, -0.2) is 9.67 Å². The van der Waals surface area contributed by atoms with E-state index in [0.717, 1.165) is 22.7 Å². The third kappa shape index (κ3) is 4.46. The SMILES string of the molecule is COc1ccc(-n2ncc([C@@H](C)NC(=O)CCc3nc(Cl)n[nH]3)c2C)cc1. The van der Waals surface area contributed by atoms with Crippen LogP contribution in [-0.4, -0.2) is 38.0 Å². The Balaban J connectivity index is 1.63. The number of aromatic amines is 1. The molecule has 0 saturated heterocycles. The van der Waals surface area contributed by atoms with Crippen molar-refractivity contribution >= 4 is 17.5 Å². The molecule has 3 rings (SSSR count). The second-order valence-corrected chi connectivity index (χ2v) is 6.47. The summed E-state index contributed by atoms with van der Waals surface area (Å²) in [5.74, 6) is 1.30. The number of hydrogen-bond acceptors (Lipinski definition) is 5. The van der Waals surface area contributed by atoms with E-state index < -0.39 is 0 Å². The number of carbonyl (C=O) groups is 1. The molecule has 0 radical (unpaired) electrons. The highest BCUT2D eigenvalue weighted by Gasteiger charge is 2.16. The van der Waals surface area contributed by atoms with Crippen molar-refractivity contribution in [1.29, 1.82) is 0 Å². The molecule has 9 heteroatoms. The van der Waals surface area contributed by atoms with Crippen molar-refractivity contribution in [3.8, 4) is 11.4 Å². The van der Waals surface area contributed by atoms with Crippen LogP contribution < -0.4 is 10.1 Å². The number of nitrogens with zero attached hydrogens (tertiary/aromatic N) is 4. The molecule has 0 unspecified atom stereocenters. The van der Waals surface area contributed by atoms with Crippen LogP contribution in [0.3, 0.4) is 0 Å². The fourth-order valence-electron chi connectivity index (χ4n) is 2.84. The Morgan fingerprint density at radius 2 is 2.11 bits per heavy atom. The van der Waals surface area contributed by atoms with Crippen LogP contribution >= 0.6 is 11.6 Å². The maximum absolute atomic E-state index is 12.2. The first-order chi connectivity index (χ1) is 13.0. The lowest BCUT2D eigenvalue weighted by molar-refractivity contribution is -0.121. The van der Waals surface area contributed by atoms with Crippen molar-refractivity contribution in [3.05, 3.63) is 52.8 Å². The predicted octanol–water partition coefficient (Wildman–Crippen LogP) is 2.77. The number of ether oxygens (including phenoxy) is 1. The number of H-pyrrole nitrogens is 1. The molecule has 0 aliphatic carbocycles. The fourth-order valence-corrected chi connectivity index (χ4v) is 2.98. The maximum Gasteiger partial charge on any atom is 0.242 e. The molecule has 2 N–H and O–H groups in total. The van der Waals surface area contributed by atoms with E-state index in [-0.39, 0.29) is 17.2 Å². The Labute approximate surface area is 161 Å². The Bertz CT molecular complexity index is 918. The first kappa shape index (κ1) is 18.9. The van der Waals surface area contributed by atoms with E-state index in [0.29, 0.717) is 18.7 Å². The van der Waals surface area contributed by atoms with Crippen molar-refractivity contribution in [3.63, 3.8) is 0 Å². The number of nitrogens with one attached hydrogen (secondary N) is 2. The average molecular weight is 389 g/mol. The van der Waals surface area contributed by atoms with Gasteiger partial charge in [-0.3, -0.25) is 9.89 Å². The van der Waals surface area contributed by atoms with Gasteiger partial charge in [-0.2, -0.15) is 5.10 Å². The molecule has 1 atom stereocenters. The number of amides is 1. The number of aromatic nitrogens is 5. The smallest absolute Gasteiger partial charge is 0.242 e. The summed E-state index contributed by atoms with van der Waals surface area (Å²) in [5.41, 5.74) is 2.86. The van der Waals surface area contributed by atoms with E-state index in [9.17, 15) is 4.79 Å². The molecule has 2 heterocycles. The molecule has 0 saturated carbocycles. The molecule has 1 amide bonds. The number of methoxy groups -OCH3 is 1. The lowest BCUT2D eigenvalue weighted by Gasteiger charge is -2.14. The number of benzene rings is 1. The largest absolute Gasteiger partial charge is 0.497 e. The molecule has 1 aromatic carbocycles. The summed E-state index contributed by atoms with van der Waals surface area (Å²) >= 11 is 5.66. The highest BCUT2D eigenvalue weighted by atomic mass is 35.5. The highest BCUT2D eigenvalue weighted by Crippen LogP contribution is 2.21. The summed E-state index contributed by atoms with van der Waals surface area (Å²) in [6.45, 7) is 3.91. The second kappa shape index (κ2) is 8.22. The van der Waals surface area contributed by atoms with Gasteiger partial charge in [-0.05, 0) is 49.7 Å². The predicted molar refractivity (Wildman–Crippen MR) is 101 cm³/mol. The number of aryl methyl sites for hydroxylation is 1. The second-order valence-electron chi connectivity index (χ2n) is 6.14. The number of hydrogen-bond donors (Lipinski definition) is 2. The van der Waals surface area contributed by atoms with Gasteiger partial charge in [0.05, 0.1) is 25.0 Å². The summed E-state index contributed by atoms with van der Waals surface area (Å²) in [5, 5.41) is 14.0. The van der Waals surface area contributed by atoms with Crippen LogP contribution in [0.15, 0.2) is 30.5 Å². The van der Waals surface area contributed by atoms with Crippen LogP contribution in [0, 0.1) is 6.92 Å². The zero-order chi connectivity index (χ0) is 19.4. The summed E-state index contributed by atoms with van der Waals surface area (Å²) in [4.78, 5) is 16.2. The van der Waals surface area contributed by atoms with Gasteiger partial charge >= 0.3 is 0 Å². The van der Waals surface area contributed by atoms with Gasteiger partial charge in [0.1, 0.15) is 11.6 Å². The van der Waals surface area contributed by atoms with Crippen molar-refractivity contribution in [2.45, 2.75) is 32.7 Å². The van der Waals surface area contributed by atoms with Crippen molar-refractivity contribution in [2.75, 3.05) is 7.11 Å². The van der Waals surface area contributed by atoms with E-state index in [1.807, 2.05) is 42.8 Å². The molecule has 3 aromatic rings. The van der Waals surface area contributed by atoms with Crippen LogP contribution in [0.25, 0.3) is 5.69 Å². The van der Waals surface area contributed by atoms with Crippen LogP contribution in [0.2, 0.25) is 5.28 Å². The van der Waals surface area contributed by atoms with Gasteiger partial charge in [0.2, 0.25) is 11.2 Å². The van der Waals surface area contributed by atoms with Gasteiger partial charge in [-0.15, -0.1) is 5.10 Å². The molecule has 27 heavy (non-hydrogen) atoms. The monoisotopic (exact) mass is 388 g/mol. The van der Waals surface area contributed by atoms with Crippen LogP contribution in [0.4, 0.5) is 0 Å². The highest BCUT2D eigenvalue weighted by molar-refractivity contribution is 6.28. The van der Waals surface area contributed by atoms with E-state index >= 15 is 0 Å². The molecular weight excluding hydrogens is 368 g/mol. The molecule has 2 aromatic heterocycles. The zero-order valence-corrected chi connectivity index (χ0v) is 16.1. The maximum atomic E-state index is 12.2. The molecule has 8 nitrogen and oxygen atoms in total. The van der Waals surface area contributed by atoms with E-state index in [1.165, 1.54) is 0 Å². The van der Waals surface area contributed by atoms with Crippen molar-refractivity contribution in [1.82, 2.24) is 30.3 Å². The normalized spacial score (nSPS) is 12.0. The first-order valence-corrected chi connectivity index (χ1v) is 8.91. The quantitative estimate of drug-likeness (QED) is 0.648. The summed E-state index contributed by atoms with van der Waals surface area (Å²) < 4.78 is 7.02. The topological polar surface area (TPSA) is 97.7 Å². The van der Waals surface area contributed by atoms with Crippen LogP contribution in [-0.2, 0) is 11.2 Å².